The van der Waals surface area contributed by atoms with Crippen LogP contribution in [0.1, 0.15) is 40.0 Å². The van der Waals surface area contributed by atoms with E-state index in [1.807, 2.05) is 0 Å². The number of fused-ring (bicyclic) bond motifs is 1. The van der Waals surface area contributed by atoms with Crippen molar-refractivity contribution in [2.45, 2.75) is 31.2 Å². The Morgan fingerprint density at radius 3 is 2.55 bits per heavy atom. The number of methoxy groups -OCH3 is 2. The summed E-state index contributed by atoms with van der Waals surface area (Å²) in [6, 6.07) is 11.4. The number of carbonyl (C=O) groups is 1. The maximum absolute atomic E-state index is 13.9. The smallest absolute Gasteiger partial charge is 0.410 e. The zero-order valence-electron chi connectivity index (χ0n) is 18.0. The number of carbonyl (C=O) groups excluding carboxylic acids is 1. The molecular weight excluding hydrogens is 437 g/mol. The minimum atomic E-state index is -4.53. The monoisotopic (exact) mass is 460 g/mol. The molecule has 174 valence electrons. The maximum atomic E-state index is 13.9. The van der Waals surface area contributed by atoms with Gasteiger partial charge in [-0.25, -0.2) is 4.68 Å². The molecule has 0 saturated heterocycles. The number of rotatable bonds is 6. The van der Waals surface area contributed by atoms with Crippen LogP contribution in [-0.2, 0) is 6.54 Å². The molecule has 0 spiro atoms. The zero-order chi connectivity index (χ0) is 23.6. The van der Waals surface area contributed by atoms with Crippen molar-refractivity contribution in [3.63, 3.8) is 0 Å². The van der Waals surface area contributed by atoms with E-state index in [1.54, 1.807) is 55.6 Å². The van der Waals surface area contributed by atoms with Gasteiger partial charge in [0.15, 0.2) is 6.04 Å². The molecule has 1 amide bonds. The van der Waals surface area contributed by atoms with Gasteiger partial charge in [0.25, 0.3) is 5.91 Å². The Kier molecular flexibility index (Phi) is 6.17. The zero-order valence-corrected chi connectivity index (χ0v) is 18.0. The minimum Gasteiger partial charge on any atom is -0.497 e. The molecule has 7 nitrogen and oxygen atoms in total. The third kappa shape index (κ3) is 4.74. The first-order valence-electron chi connectivity index (χ1n) is 10.3. The lowest BCUT2D eigenvalue weighted by Gasteiger charge is -2.34. The van der Waals surface area contributed by atoms with Gasteiger partial charge >= 0.3 is 6.18 Å². The molecule has 4 rings (SSSR count). The second kappa shape index (κ2) is 9.05. The molecule has 2 heterocycles. The SMILES string of the molecule is COc1ccc(CNC(=O)c2cnn3c2N[C@H](c2cccc(OC)c2)C[C@@H]3C(F)(F)F)cc1. The Morgan fingerprint density at radius 1 is 1.15 bits per heavy atom. The van der Waals surface area contributed by atoms with Crippen molar-refractivity contribution in [2.75, 3.05) is 19.5 Å². The summed E-state index contributed by atoms with van der Waals surface area (Å²) in [5.74, 6) is 0.728. The van der Waals surface area contributed by atoms with E-state index < -0.39 is 24.2 Å². The highest BCUT2D eigenvalue weighted by Crippen LogP contribution is 2.44. The van der Waals surface area contributed by atoms with Crippen LogP contribution in [0.3, 0.4) is 0 Å². The number of amides is 1. The summed E-state index contributed by atoms with van der Waals surface area (Å²) in [5.41, 5.74) is 1.49. The number of benzene rings is 2. The van der Waals surface area contributed by atoms with Crippen LogP contribution in [0.4, 0.5) is 19.0 Å². The molecule has 33 heavy (non-hydrogen) atoms. The normalized spacial score (nSPS) is 17.6. The van der Waals surface area contributed by atoms with E-state index in [1.165, 1.54) is 13.3 Å². The van der Waals surface area contributed by atoms with Crippen LogP contribution in [-0.4, -0.2) is 36.1 Å². The molecule has 2 atom stereocenters. The molecule has 1 aromatic heterocycles. The van der Waals surface area contributed by atoms with Crippen LogP contribution < -0.4 is 20.1 Å². The summed E-state index contributed by atoms with van der Waals surface area (Å²) in [6.45, 7) is 0.204. The van der Waals surface area contributed by atoms with Gasteiger partial charge < -0.3 is 20.1 Å². The fourth-order valence-electron chi connectivity index (χ4n) is 3.83. The predicted octanol–water partition coefficient (Wildman–Crippen LogP) is 4.49. The molecule has 1 aliphatic heterocycles. The molecule has 0 radical (unpaired) electrons. The number of ether oxygens (including phenoxy) is 2. The van der Waals surface area contributed by atoms with Crippen LogP contribution in [0.2, 0.25) is 0 Å². The summed E-state index contributed by atoms with van der Waals surface area (Å²) in [5, 5.41) is 9.72. The molecule has 3 aromatic rings. The van der Waals surface area contributed by atoms with Crippen LogP contribution in [0, 0.1) is 0 Å². The van der Waals surface area contributed by atoms with Crippen molar-refractivity contribution in [3.05, 3.63) is 71.4 Å². The van der Waals surface area contributed by atoms with Crippen LogP contribution in [0.15, 0.2) is 54.7 Å². The lowest BCUT2D eigenvalue weighted by molar-refractivity contribution is -0.173. The number of nitrogens with one attached hydrogen (secondary N) is 2. The molecular formula is C23H23F3N4O3. The first kappa shape index (κ1) is 22.5. The maximum Gasteiger partial charge on any atom is 0.410 e. The fourth-order valence-corrected chi connectivity index (χ4v) is 3.83. The van der Waals surface area contributed by atoms with Gasteiger partial charge in [-0.05, 0) is 35.4 Å². The van der Waals surface area contributed by atoms with Crippen LogP contribution in [0.25, 0.3) is 0 Å². The number of aromatic nitrogens is 2. The standard InChI is InChI=1S/C23H23F3N4O3/c1-32-16-8-6-14(7-9-16)12-27-22(31)18-13-28-30-20(23(24,25)26)11-19(29-21(18)30)15-4-3-5-17(10-15)33-2/h3-10,13,19-20,29H,11-12H2,1-2H3,(H,27,31)/t19-,20+/m0/s1. The van der Waals surface area contributed by atoms with Gasteiger partial charge in [-0.15, -0.1) is 0 Å². The van der Waals surface area contributed by atoms with Gasteiger partial charge in [-0.3, -0.25) is 4.79 Å². The molecule has 1 aliphatic rings. The number of nitrogens with zero attached hydrogens (tertiary/aromatic N) is 2. The lowest BCUT2D eigenvalue weighted by atomic mass is 9.96. The van der Waals surface area contributed by atoms with Gasteiger partial charge in [-0.2, -0.15) is 18.3 Å². The van der Waals surface area contributed by atoms with Crippen LogP contribution >= 0.6 is 0 Å². The summed E-state index contributed by atoms with van der Waals surface area (Å²) < 4.78 is 52.8. The summed E-state index contributed by atoms with van der Waals surface area (Å²) in [6.07, 6.45) is -3.63. The van der Waals surface area contributed by atoms with E-state index >= 15 is 0 Å². The highest BCUT2D eigenvalue weighted by molar-refractivity contribution is 5.98. The van der Waals surface area contributed by atoms with E-state index in [4.69, 9.17) is 9.47 Å². The first-order valence-corrected chi connectivity index (χ1v) is 10.3. The topological polar surface area (TPSA) is 77.4 Å². The quantitative estimate of drug-likeness (QED) is 0.567. The minimum absolute atomic E-state index is 0.0311. The van der Waals surface area contributed by atoms with Gasteiger partial charge in [0.1, 0.15) is 22.9 Å². The average molecular weight is 460 g/mol. The van der Waals surface area contributed by atoms with E-state index in [2.05, 4.69) is 15.7 Å². The Hall–Kier alpha value is -3.69. The molecule has 10 heteroatoms. The van der Waals surface area contributed by atoms with E-state index in [0.717, 1.165) is 10.2 Å². The number of hydrogen-bond acceptors (Lipinski definition) is 5. The van der Waals surface area contributed by atoms with E-state index in [9.17, 15) is 18.0 Å². The molecule has 0 bridgehead atoms. The largest absolute Gasteiger partial charge is 0.497 e. The molecule has 0 unspecified atom stereocenters. The predicted molar refractivity (Wildman–Crippen MR) is 115 cm³/mol. The van der Waals surface area contributed by atoms with Crippen LogP contribution in [0.5, 0.6) is 11.5 Å². The Morgan fingerprint density at radius 2 is 1.88 bits per heavy atom. The Balaban J connectivity index is 1.59. The molecule has 2 aromatic carbocycles. The summed E-state index contributed by atoms with van der Waals surface area (Å²) in [7, 11) is 3.05. The number of alkyl halides is 3. The van der Waals surface area contributed by atoms with E-state index in [-0.39, 0.29) is 24.3 Å². The first-order chi connectivity index (χ1) is 15.8. The number of halogens is 3. The second-order valence-electron chi connectivity index (χ2n) is 7.65. The number of hydrogen-bond donors (Lipinski definition) is 2. The lowest BCUT2D eigenvalue weighted by Crippen LogP contribution is -2.36. The van der Waals surface area contributed by atoms with Crippen molar-refractivity contribution < 1.29 is 27.4 Å². The average Bonchev–Trinajstić information content (AvgIpc) is 3.25. The fraction of sp³-hybridized carbons (Fsp3) is 0.304. The highest BCUT2D eigenvalue weighted by atomic mass is 19.4. The van der Waals surface area contributed by atoms with Crippen molar-refractivity contribution in [3.8, 4) is 11.5 Å². The molecule has 2 N–H and O–H groups in total. The van der Waals surface area contributed by atoms with Crippen molar-refractivity contribution in [1.29, 1.82) is 0 Å². The van der Waals surface area contributed by atoms with Crippen molar-refractivity contribution in [1.82, 2.24) is 15.1 Å². The van der Waals surface area contributed by atoms with Crippen molar-refractivity contribution >= 4 is 11.7 Å². The summed E-state index contributed by atoms with van der Waals surface area (Å²) >= 11 is 0. The van der Waals surface area contributed by atoms with Gasteiger partial charge in [0.05, 0.1) is 26.5 Å². The molecule has 0 aliphatic carbocycles. The molecule has 0 fully saturated rings. The Bertz CT molecular complexity index is 1130. The van der Waals surface area contributed by atoms with Crippen molar-refractivity contribution in [2.24, 2.45) is 0 Å². The van der Waals surface area contributed by atoms with E-state index in [0.29, 0.717) is 17.1 Å². The van der Waals surface area contributed by atoms with Gasteiger partial charge in [0.2, 0.25) is 0 Å². The second-order valence-corrected chi connectivity index (χ2v) is 7.65. The third-order valence-electron chi connectivity index (χ3n) is 5.59. The third-order valence-corrected chi connectivity index (χ3v) is 5.59. The highest BCUT2D eigenvalue weighted by Gasteiger charge is 2.47. The Labute approximate surface area is 188 Å². The van der Waals surface area contributed by atoms with Gasteiger partial charge in [0, 0.05) is 13.0 Å². The molecule has 0 saturated carbocycles. The summed E-state index contributed by atoms with van der Waals surface area (Å²) in [4.78, 5) is 12.8. The van der Waals surface area contributed by atoms with Gasteiger partial charge in [-0.1, -0.05) is 24.3 Å². The number of anilines is 1.